The third kappa shape index (κ3) is 4.58. The molecular formula is C23H22N2OS. The molecule has 0 fully saturated rings. The Hall–Kier alpha value is -2.59. The number of fused-ring (bicyclic) bond motifs is 1. The molecule has 1 unspecified atom stereocenters. The van der Waals surface area contributed by atoms with Gasteiger partial charge in [0.05, 0.1) is 0 Å². The Kier molecular flexibility index (Phi) is 5.54. The maximum absolute atomic E-state index is 12.5. The second-order valence-corrected chi connectivity index (χ2v) is 7.91. The minimum atomic E-state index is 0.0902. The largest absolute Gasteiger partial charge is 0.326 e. The Morgan fingerprint density at radius 3 is 2.74 bits per heavy atom. The lowest BCUT2D eigenvalue weighted by molar-refractivity contribution is -0.116. The fourth-order valence-corrected chi connectivity index (χ4v) is 4.41. The van der Waals surface area contributed by atoms with E-state index < -0.39 is 0 Å². The van der Waals surface area contributed by atoms with Crippen LogP contribution in [0.2, 0.25) is 0 Å². The number of benzene rings is 2. The fraction of sp³-hybridized carbons (Fsp3) is 0.217. The van der Waals surface area contributed by atoms with Gasteiger partial charge in [-0.15, -0.1) is 11.8 Å². The molecule has 3 aromatic rings. The van der Waals surface area contributed by atoms with Gasteiger partial charge >= 0.3 is 0 Å². The number of thioether (sulfide) groups is 1. The molecule has 4 heteroatoms. The van der Waals surface area contributed by atoms with Crippen molar-refractivity contribution in [2.24, 2.45) is 0 Å². The van der Waals surface area contributed by atoms with Gasteiger partial charge in [-0.25, -0.2) is 0 Å². The molecule has 1 heterocycles. The lowest BCUT2D eigenvalue weighted by atomic mass is 9.97. The van der Waals surface area contributed by atoms with Gasteiger partial charge in [-0.05, 0) is 65.8 Å². The lowest BCUT2D eigenvalue weighted by Crippen LogP contribution is -2.14. The number of anilines is 1. The van der Waals surface area contributed by atoms with Gasteiger partial charge < -0.3 is 5.32 Å². The number of carbonyl (C=O) groups excluding carboxylic acids is 1. The lowest BCUT2D eigenvalue weighted by Gasteiger charge is -2.12. The Labute approximate surface area is 164 Å². The summed E-state index contributed by atoms with van der Waals surface area (Å²) in [5.74, 6) is 1.32. The van der Waals surface area contributed by atoms with Crippen molar-refractivity contribution in [2.45, 2.75) is 35.8 Å². The first-order valence-corrected chi connectivity index (χ1v) is 10.3. The highest BCUT2D eigenvalue weighted by molar-refractivity contribution is 7.98. The highest BCUT2D eigenvalue weighted by atomic mass is 32.2. The van der Waals surface area contributed by atoms with Gasteiger partial charge in [0.2, 0.25) is 5.91 Å². The molecule has 27 heavy (non-hydrogen) atoms. The summed E-state index contributed by atoms with van der Waals surface area (Å²) in [5.41, 5.74) is 4.80. The Morgan fingerprint density at radius 1 is 1.07 bits per heavy atom. The van der Waals surface area contributed by atoms with Crippen LogP contribution in [0.25, 0.3) is 0 Å². The minimum absolute atomic E-state index is 0.0902. The van der Waals surface area contributed by atoms with E-state index >= 15 is 0 Å². The molecular weight excluding hydrogens is 352 g/mol. The quantitative estimate of drug-likeness (QED) is 0.585. The number of nitrogens with one attached hydrogen (secondary N) is 1. The van der Waals surface area contributed by atoms with Crippen LogP contribution in [0.5, 0.6) is 0 Å². The molecule has 2 aromatic carbocycles. The highest BCUT2D eigenvalue weighted by Crippen LogP contribution is 2.35. The van der Waals surface area contributed by atoms with Crippen LogP contribution in [0, 0.1) is 0 Å². The summed E-state index contributed by atoms with van der Waals surface area (Å²) < 4.78 is 0. The van der Waals surface area contributed by atoms with Crippen LogP contribution in [0.3, 0.4) is 0 Å². The minimum Gasteiger partial charge on any atom is -0.326 e. The third-order valence-electron chi connectivity index (χ3n) is 4.96. The fourth-order valence-electron chi connectivity index (χ4n) is 3.58. The summed E-state index contributed by atoms with van der Waals surface area (Å²) in [7, 11) is 0. The monoisotopic (exact) mass is 374 g/mol. The Bertz CT molecular complexity index is 909. The molecule has 4 rings (SSSR count). The number of hydrogen-bond donors (Lipinski definition) is 1. The van der Waals surface area contributed by atoms with Crippen molar-refractivity contribution in [3.8, 4) is 0 Å². The summed E-state index contributed by atoms with van der Waals surface area (Å²) in [4.78, 5) is 17.8. The van der Waals surface area contributed by atoms with Gasteiger partial charge in [-0.3, -0.25) is 9.78 Å². The average molecular weight is 375 g/mol. The van der Waals surface area contributed by atoms with Gasteiger partial charge in [-0.1, -0.05) is 30.3 Å². The maximum atomic E-state index is 12.5. The summed E-state index contributed by atoms with van der Waals surface area (Å²) in [6, 6.07) is 20.6. The van der Waals surface area contributed by atoms with E-state index in [1.807, 2.05) is 24.4 Å². The molecule has 1 aliphatic carbocycles. The zero-order valence-corrected chi connectivity index (χ0v) is 15.9. The van der Waals surface area contributed by atoms with Gasteiger partial charge in [0.25, 0.3) is 0 Å². The topological polar surface area (TPSA) is 42.0 Å². The van der Waals surface area contributed by atoms with Crippen LogP contribution in [0.1, 0.15) is 35.4 Å². The van der Waals surface area contributed by atoms with Crippen molar-refractivity contribution in [1.29, 1.82) is 0 Å². The first-order valence-electron chi connectivity index (χ1n) is 9.27. The molecule has 1 amide bonds. The maximum Gasteiger partial charge on any atom is 0.224 e. The number of carbonyl (C=O) groups is 1. The summed E-state index contributed by atoms with van der Waals surface area (Å²) >= 11 is 1.77. The smallest absolute Gasteiger partial charge is 0.224 e. The Morgan fingerprint density at radius 2 is 1.93 bits per heavy atom. The normalized spacial score (nSPS) is 15.3. The van der Waals surface area contributed by atoms with Gasteiger partial charge in [0.15, 0.2) is 0 Å². The second-order valence-electron chi connectivity index (χ2n) is 6.86. The summed E-state index contributed by atoms with van der Waals surface area (Å²) in [5, 5.41) is 3.04. The van der Waals surface area contributed by atoms with E-state index in [1.165, 1.54) is 21.6 Å². The molecule has 0 radical (unpaired) electrons. The third-order valence-corrected chi connectivity index (χ3v) is 6.04. The predicted octanol–water partition coefficient (Wildman–Crippen LogP) is 5.43. The van der Waals surface area contributed by atoms with E-state index in [1.54, 1.807) is 18.0 Å². The summed E-state index contributed by atoms with van der Waals surface area (Å²) in [6.07, 6.45) is 6.38. The number of pyridine rings is 1. The van der Waals surface area contributed by atoms with Gasteiger partial charge in [0, 0.05) is 35.2 Å². The van der Waals surface area contributed by atoms with Crippen molar-refractivity contribution in [3.63, 3.8) is 0 Å². The van der Waals surface area contributed by atoms with Gasteiger partial charge in [0.1, 0.15) is 0 Å². The van der Waals surface area contributed by atoms with Crippen molar-refractivity contribution in [1.82, 2.24) is 4.98 Å². The van der Waals surface area contributed by atoms with E-state index in [0.717, 1.165) is 24.3 Å². The first kappa shape index (κ1) is 17.8. The predicted molar refractivity (Wildman–Crippen MR) is 111 cm³/mol. The number of nitrogens with zero attached hydrogens (tertiary/aromatic N) is 1. The summed E-state index contributed by atoms with van der Waals surface area (Å²) in [6.45, 7) is 0. The van der Waals surface area contributed by atoms with Crippen LogP contribution in [-0.4, -0.2) is 10.9 Å². The van der Waals surface area contributed by atoms with Gasteiger partial charge in [-0.2, -0.15) is 0 Å². The molecule has 0 saturated carbocycles. The molecule has 0 aliphatic heterocycles. The van der Waals surface area contributed by atoms with E-state index in [-0.39, 0.29) is 5.91 Å². The van der Waals surface area contributed by atoms with Crippen LogP contribution < -0.4 is 5.32 Å². The standard InChI is InChI=1S/C23H22N2OS/c26-23(14-19-8-7-18-5-1-2-6-22(18)19)25-20-9-11-21(12-10-20)27-16-17-4-3-13-24-15-17/h1-6,9-13,15,19H,7-8,14,16H2,(H,25,26). The molecule has 1 atom stereocenters. The number of aromatic nitrogens is 1. The number of hydrogen-bond acceptors (Lipinski definition) is 3. The van der Waals surface area contributed by atoms with Crippen molar-refractivity contribution >= 4 is 23.4 Å². The van der Waals surface area contributed by atoms with Crippen LogP contribution in [0.4, 0.5) is 5.69 Å². The number of rotatable bonds is 6. The van der Waals surface area contributed by atoms with E-state index in [4.69, 9.17) is 0 Å². The number of amides is 1. The second kappa shape index (κ2) is 8.40. The molecule has 136 valence electrons. The zero-order valence-electron chi connectivity index (χ0n) is 15.1. The van der Waals surface area contributed by atoms with Crippen molar-refractivity contribution in [3.05, 3.63) is 89.7 Å². The average Bonchev–Trinajstić information content (AvgIpc) is 3.11. The van der Waals surface area contributed by atoms with Crippen LogP contribution in [0.15, 0.2) is 78.0 Å². The molecule has 0 spiro atoms. The van der Waals surface area contributed by atoms with E-state index in [2.05, 4.69) is 52.8 Å². The molecule has 1 aromatic heterocycles. The van der Waals surface area contributed by atoms with Crippen LogP contribution >= 0.6 is 11.8 Å². The van der Waals surface area contributed by atoms with E-state index in [9.17, 15) is 4.79 Å². The highest BCUT2D eigenvalue weighted by Gasteiger charge is 2.24. The van der Waals surface area contributed by atoms with Crippen molar-refractivity contribution in [2.75, 3.05) is 5.32 Å². The van der Waals surface area contributed by atoms with Crippen molar-refractivity contribution < 1.29 is 4.79 Å². The molecule has 0 saturated heterocycles. The Balaban J connectivity index is 1.30. The van der Waals surface area contributed by atoms with E-state index in [0.29, 0.717) is 12.3 Å². The first-order chi connectivity index (χ1) is 13.3. The van der Waals surface area contributed by atoms with Crippen LogP contribution in [-0.2, 0) is 17.0 Å². The molecule has 1 aliphatic rings. The SMILES string of the molecule is O=C(CC1CCc2ccccc21)Nc1ccc(SCc2cccnc2)cc1. The zero-order chi connectivity index (χ0) is 18.5. The molecule has 0 bridgehead atoms. The number of aryl methyl sites for hydroxylation is 1. The molecule has 3 nitrogen and oxygen atoms in total. The molecule has 1 N–H and O–H groups in total.